The average Bonchev–Trinajstić information content (AvgIpc) is 2.84. The highest BCUT2D eigenvalue weighted by Gasteiger charge is 2.24. The number of nitrogens with zero attached hydrogens (tertiary/aromatic N) is 5. The second-order valence-electron chi connectivity index (χ2n) is 7.68. The highest BCUT2D eigenvalue weighted by molar-refractivity contribution is 6.07. The van der Waals surface area contributed by atoms with Crippen LogP contribution in [-0.2, 0) is 4.74 Å². The zero-order valence-electron chi connectivity index (χ0n) is 16.9. The van der Waals surface area contributed by atoms with Crippen molar-refractivity contribution < 1.29 is 9.53 Å². The number of aromatic nitrogens is 2. The molecule has 2 aromatic carbocycles. The molecule has 2 aliphatic heterocycles. The largest absolute Gasteiger partial charge is 0.378 e. The van der Waals surface area contributed by atoms with Gasteiger partial charge in [-0.2, -0.15) is 5.10 Å². The molecule has 0 unspecified atom stereocenters. The van der Waals surface area contributed by atoms with E-state index in [1.54, 1.807) is 0 Å². The second-order valence-corrected chi connectivity index (χ2v) is 7.68. The summed E-state index contributed by atoms with van der Waals surface area (Å²) in [7, 11) is 0. The minimum absolute atomic E-state index is 0.105. The van der Waals surface area contributed by atoms with Gasteiger partial charge in [0.1, 0.15) is 0 Å². The molecule has 0 atom stereocenters. The van der Waals surface area contributed by atoms with Crippen LogP contribution in [0.3, 0.4) is 0 Å². The Kier molecular flexibility index (Phi) is 5.19. The van der Waals surface area contributed by atoms with Crippen LogP contribution in [0.4, 0.5) is 11.5 Å². The van der Waals surface area contributed by atoms with Crippen LogP contribution in [0.5, 0.6) is 0 Å². The van der Waals surface area contributed by atoms with Gasteiger partial charge in [0.2, 0.25) is 0 Å². The zero-order chi connectivity index (χ0) is 20.3. The SMILES string of the molecule is O=C(c1cccc2ccccc12)N1CCN(c2cnnc(N3CCOCC3)c2)CC1. The van der Waals surface area contributed by atoms with Crippen LogP contribution in [0.15, 0.2) is 54.7 Å². The Bertz CT molecular complexity index is 1040. The lowest BCUT2D eigenvalue weighted by atomic mass is 10.0. The van der Waals surface area contributed by atoms with E-state index >= 15 is 0 Å². The minimum Gasteiger partial charge on any atom is -0.378 e. The van der Waals surface area contributed by atoms with Crippen molar-refractivity contribution in [3.05, 3.63) is 60.3 Å². The molecule has 154 valence electrons. The molecule has 30 heavy (non-hydrogen) atoms. The van der Waals surface area contributed by atoms with E-state index in [0.29, 0.717) is 13.1 Å². The van der Waals surface area contributed by atoms with E-state index in [0.717, 1.165) is 67.2 Å². The smallest absolute Gasteiger partial charge is 0.254 e. The van der Waals surface area contributed by atoms with Crippen molar-refractivity contribution in [3.63, 3.8) is 0 Å². The summed E-state index contributed by atoms with van der Waals surface area (Å²) in [4.78, 5) is 19.6. The van der Waals surface area contributed by atoms with Crippen molar-refractivity contribution in [2.45, 2.75) is 0 Å². The fourth-order valence-electron chi connectivity index (χ4n) is 4.22. The van der Waals surface area contributed by atoms with Gasteiger partial charge in [-0.1, -0.05) is 36.4 Å². The topological polar surface area (TPSA) is 61.8 Å². The van der Waals surface area contributed by atoms with E-state index in [2.05, 4.69) is 26.1 Å². The van der Waals surface area contributed by atoms with E-state index in [-0.39, 0.29) is 5.91 Å². The highest BCUT2D eigenvalue weighted by Crippen LogP contribution is 2.23. The summed E-state index contributed by atoms with van der Waals surface area (Å²) in [6, 6.07) is 16.1. The molecule has 0 N–H and O–H groups in total. The maximum Gasteiger partial charge on any atom is 0.254 e. The molecule has 0 saturated carbocycles. The lowest BCUT2D eigenvalue weighted by Gasteiger charge is -2.36. The van der Waals surface area contributed by atoms with Crippen LogP contribution >= 0.6 is 0 Å². The molecule has 2 aliphatic rings. The quantitative estimate of drug-likeness (QED) is 0.669. The molecule has 5 rings (SSSR count). The van der Waals surface area contributed by atoms with Gasteiger partial charge in [0.05, 0.1) is 25.1 Å². The summed E-state index contributed by atoms with van der Waals surface area (Å²) in [6.45, 7) is 6.07. The molecule has 0 spiro atoms. The van der Waals surface area contributed by atoms with Crippen LogP contribution in [0.1, 0.15) is 10.4 Å². The van der Waals surface area contributed by atoms with Gasteiger partial charge in [0, 0.05) is 50.9 Å². The van der Waals surface area contributed by atoms with Gasteiger partial charge in [-0.25, -0.2) is 0 Å². The summed E-state index contributed by atoms with van der Waals surface area (Å²) in [5.74, 6) is 0.998. The summed E-state index contributed by atoms with van der Waals surface area (Å²) in [5, 5.41) is 10.6. The zero-order valence-corrected chi connectivity index (χ0v) is 16.9. The van der Waals surface area contributed by atoms with Crippen LogP contribution < -0.4 is 9.80 Å². The molecule has 7 nitrogen and oxygen atoms in total. The number of anilines is 2. The molecule has 2 saturated heterocycles. The molecule has 1 amide bonds. The first-order valence-corrected chi connectivity index (χ1v) is 10.5. The van der Waals surface area contributed by atoms with Crippen molar-refractivity contribution >= 4 is 28.2 Å². The van der Waals surface area contributed by atoms with E-state index < -0.39 is 0 Å². The molecular weight excluding hydrogens is 378 g/mol. The summed E-state index contributed by atoms with van der Waals surface area (Å²) in [6.07, 6.45) is 1.81. The number of benzene rings is 2. The molecule has 3 aromatic rings. The van der Waals surface area contributed by atoms with Crippen LogP contribution in [-0.4, -0.2) is 73.5 Å². The van der Waals surface area contributed by atoms with Crippen molar-refractivity contribution in [1.29, 1.82) is 0 Å². The standard InChI is InChI=1S/C23H25N5O2/c29-23(21-7-3-5-18-4-1-2-6-20(18)21)28-10-8-26(9-11-28)19-16-22(25-24-17-19)27-12-14-30-15-13-27/h1-7,16-17H,8-15H2. The molecule has 0 bridgehead atoms. The number of amides is 1. The first-order chi connectivity index (χ1) is 14.8. The highest BCUT2D eigenvalue weighted by atomic mass is 16.5. The van der Waals surface area contributed by atoms with Gasteiger partial charge in [-0.15, -0.1) is 5.10 Å². The number of fused-ring (bicyclic) bond motifs is 1. The predicted octanol–water partition coefficient (Wildman–Crippen LogP) is 2.43. The number of carbonyl (C=O) groups excluding carboxylic acids is 1. The minimum atomic E-state index is 0.105. The number of carbonyl (C=O) groups is 1. The van der Waals surface area contributed by atoms with Crippen molar-refractivity contribution in [2.24, 2.45) is 0 Å². The molecule has 2 fully saturated rings. The summed E-state index contributed by atoms with van der Waals surface area (Å²) < 4.78 is 5.43. The normalized spacial score (nSPS) is 17.4. The second kappa shape index (κ2) is 8.28. The van der Waals surface area contributed by atoms with Gasteiger partial charge in [-0.3, -0.25) is 4.79 Å². The Morgan fingerprint density at radius 3 is 2.47 bits per heavy atom. The molecule has 0 radical (unpaired) electrons. The number of rotatable bonds is 3. The molecule has 3 heterocycles. The number of hydrogen-bond acceptors (Lipinski definition) is 6. The third kappa shape index (κ3) is 3.68. The van der Waals surface area contributed by atoms with Gasteiger partial charge in [-0.05, 0) is 16.8 Å². The van der Waals surface area contributed by atoms with Crippen molar-refractivity contribution in [2.75, 3.05) is 62.3 Å². The van der Waals surface area contributed by atoms with Gasteiger partial charge < -0.3 is 19.4 Å². The molecular formula is C23H25N5O2. The Morgan fingerprint density at radius 2 is 1.63 bits per heavy atom. The summed E-state index contributed by atoms with van der Waals surface area (Å²) in [5.41, 5.74) is 1.84. The number of ether oxygens (including phenoxy) is 1. The Balaban J connectivity index is 1.28. The predicted molar refractivity (Wildman–Crippen MR) is 117 cm³/mol. The van der Waals surface area contributed by atoms with Crippen LogP contribution in [0.2, 0.25) is 0 Å². The van der Waals surface area contributed by atoms with Crippen molar-refractivity contribution in [3.8, 4) is 0 Å². The van der Waals surface area contributed by atoms with E-state index in [1.165, 1.54) is 0 Å². The van der Waals surface area contributed by atoms with Crippen molar-refractivity contribution in [1.82, 2.24) is 15.1 Å². The Morgan fingerprint density at radius 1 is 0.867 bits per heavy atom. The number of morpholine rings is 1. The van der Waals surface area contributed by atoms with E-state index in [4.69, 9.17) is 4.74 Å². The van der Waals surface area contributed by atoms with Gasteiger partial charge >= 0.3 is 0 Å². The fourth-order valence-corrected chi connectivity index (χ4v) is 4.22. The molecule has 7 heteroatoms. The third-order valence-corrected chi connectivity index (χ3v) is 5.91. The Labute approximate surface area is 175 Å². The number of piperazine rings is 1. The average molecular weight is 403 g/mol. The first kappa shape index (κ1) is 18.8. The Hall–Kier alpha value is -3.19. The molecule has 1 aromatic heterocycles. The number of hydrogen-bond donors (Lipinski definition) is 0. The maximum absolute atomic E-state index is 13.2. The van der Waals surface area contributed by atoms with Crippen LogP contribution in [0, 0.1) is 0 Å². The van der Waals surface area contributed by atoms with Gasteiger partial charge in [0.25, 0.3) is 5.91 Å². The summed E-state index contributed by atoms with van der Waals surface area (Å²) >= 11 is 0. The monoisotopic (exact) mass is 403 g/mol. The van der Waals surface area contributed by atoms with Crippen LogP contribution in [0.25, 0.3) is 10.8 Å². The lowest BCUT2D eigenvalue weighted by Crippen LogP contribution is -2.49. The van der Waals surface area contributed by atoms with Gasteiger partial charge in [0.15, 0.2) is 5.82 Å². The van der Waals surface area contributed by atoms with E-state index in [1.807, 2.05) is 53.6 Å². The maximum atomic E-state index is 13.2. The third-order valence-electron chi connectivity index (χ3n) is 5.91. The fraction of sp³-hybridized carbons (Fsp3) is 0.348. The lowest BCUT2D eigenvalue weighted by molar-refractivity contribution is 0.0749. The molecule has 0 aliphatic carbocycles. The van der Waals surface area contributed by atoms with E-state index in [9.17, 15) is 4.79 Å². The first-order valence-electron chi connectivity index (χ1n) is 10.5.